The Labute approximate surface area is 123 Å². The van der Waals surface area contributed by atoms with Crippen molar-refractivity contribution >= 4 is 5.69 Å². The molecule has 112 valence electrons. The van der Waals surface area contributed by atoms with Gasteiger partial charge in [0.2, 0.25) is 0 Å². The van der Waals surface area contributed by atoms with Gasteiger partial charge in [0.15, 0.2) is 0 Å². The molecule has 0 radical (unpaired) electrons. The molecule has 2 rings (SSSR count). The molecule has 1 fully saturated rings. The SMILES string of the molecule is CC(N)C1CCN(C(C)c2ccc(N(C)C)cc2)CC1. The average molecular weight is 275 g/mol. The summed E-state index contributed by atoms with van der Waals surface area (Å²) < 4.78 is 0. The van der Waals surface area contributed by atoms with Gasteiger partial charge in [-0.1, -0.05) is 12.1 Å². The number of nitrogens with zero attached hydrogens (tertiary/aromatic N) is 2. The number of anilines is 1. The van der Waals surface area contributed by atoms with E-state index >= 15 is 0 Å². The first-order valence-corrected chi connectivity index (χ1v) is 7.76. The molecule has 0 aromatic heterocycles. The Morgan fingerprint density at radius 1 is 1.10 bits per heavy atom. The Balaban J connectivity index is 1.96. The molecule has 1 heterocycles. The normalized spacial score (nSPS) is 20.6. The van der Waals surface area contributed by atoms with E-state index in [1.54, 1.807) is 0 Å². The fourth-order valence-corrected chi connectivity index (χ4v) is 3.09. The Hall–Kier alpha value is -1.06. The number of likely N-dealkylation sites (tertiary alicyclic amines) is 1. The summed E-state index contributed by atoms with van der Waals surface area (Å²) in [6, 6.07) is 9.78. The molecule has 1 aromatic rings. The van der Waals surface area contributed by atoms with Crippen LogP contribution < -0.4 is 10.6 Å². The van der Waals surface area contributed by atoms with Gasteiger partial charge in [0.25, 0.3) is 0 Å². The minimum atomic E-state index is 0.340. The molecule has 2 N–H and O–H groups in total. The van der Waals surface area contributed by atoms with Gasteiger partial charge in [0.1, 0.15) is 0 Å². The summed E-state index contributed by atoms with van der Waals surface area (Å²) in [5.74, 6) is 0.703. The van der Waals surface area contributed by atoms with Crippen LogP contribution in [0.4, 0.5) is 5.69 Å². The largest absolute Gasteiger partial charge is 0.378 e. The second-order valence-corrected chi connectivity index (χ2v) is 6.39. The molecule has 0 saturated carbocycles. The summed E-state index contributed by atoms with van der Waals surface area (Å²) in [7, 11) is 4.16. The predicted molar refractivity (Wildman–Crippen MR) is 87.1 cm³/mol. The van der Waals surface area contributed by atoms with Crippen LogP contribution in [0.1, 0.15) is 38.3 Å². The first-order chi connectivity index (χ1) is 9.49. The Morgan fingerprint density at radius 2 is 1.65 bits per heavy atom. The van der Waals surface area contributed by atoms with Crippen molar-refractivity contribution in [1.82, 2.24) is 4.90 Å². The number of rotatable bonds is 4. The molecule has 1 aromatic carbocycles. The third kappa shape index (κ3) is 3.53. The summed E-state index contributed by atoms with van der Waals surface area (Å²) in [6.07, 6.45) is 2.47. The fraction of sp³-hybridized carbons (Fsp3) is 0.647. The van der Waals surface area contributed by atoms with E-state index in [0.29, 0.717) is 18.0 Å². The van der Waals surface area contributed by atoms with Crippen LogP contribution in [-0.2, 0) is 0 Å². The van der Waals surface area contributed by atoms with E-state index < -0.39 is 0 Å². The summed E-state index contributed by atoms with van der Waals surface area (Å²) in [5, 5.41) is 0. The molecule has 0 amide bonds. The molecular weight excluding hydrogens is 246 g/mol. The molecule has 3 heteroatoms. The molecule has 1 aliphatic rings. The number of hydrogen-bond donors (Lipinski definition) is 1. The topological polar surface area (TPSA) is 32.5 Å². The molecule has 20 heavy (non-hydrogen) atoms. The first kappa shape index (κ1) is 15.3. The van der Waals surface area contributed by atoms with Gasteiger partial charge in [-0.05, 0) is 63.4 Å². The maximum atomic E-state index is 6.02. The van der Waals surface area contributed by atoms with Crippen LogP contribution in [-0.4, -0.2) is 38.1 Å². The lowest BCUT2D eigenvalue weighted by molar-refractivity contribution is 0.132. The second kappa shape index (κ2) is 6.59. The highest BCUT2D eigenvalue weighted by molar-refractivity contribution is 5.46. The molecule has 1 aliphatic heterocycles. The van der Waals surface area contributed by atoms with Gasteiger partial charge in [-0.2, -0.15) is 0 Å². The van der Waals surface area contributed by atoms with E-state index in [4.69, 9.17) is 5.73 Å². The Morgan fingerprint density at radius 3 is 2.10 bits per heavy atom. The van der Waals surface area contributed by atoms with E-state index in [2.05, 4.69) is 62.0 Å². The number of piperidine rings is 1. The van der Waals surface area contributed by atoms with E-state index in [0.717, 1.165) is 0 Å². The zero-order valence-corrected chi connectivity index (χ0v) is 13.3. The highest BCUT2D eigenvalue weighted by Gasteiger charge is 2.25. The lowest BCUT2D eigenvalue weighted by atomic mass is 9.90. The van der Waals surface area contributed by atoms with Crippen molar-refractivity contribution in [2.75, 3.05) is 32.1 Å². The van der Waals surface area contributed by atoms with Gasteiger partial charge in [0.05, 0.1) is 0 Å². The van der Waals surface area contributed by atoms with Gasteiger partial charge >= 0.3 is 0 Å². The second-order valence-electron chi connectivity index (χ2n) is 6.39. The minimum Gasteiger partial charge on any atom is -0.378 e. The Kier molecular flexibility index (Phi) is 5.06. The van der Waals surface area contributed by atoms with E-state index in [9.17, 15) is 0 Å². The fourth-order valence-electron chi connectivity index (χ4n) is 3.09. The molecular formula is C17H29N3. The van der Waals surface area contributed by atoms with Crippen LogP contribution in [0.5, 0.6) is 0 Å². The molecule has 0 aliphatic carbocycles. The van der Waals surface area contributed by atoms with Crippen molar-refractivity contribution in [3.63, 3.8) is 0 Å². The minimum absolute atomic E-state index is 0.340. The van der Waals surface area contributed by atoms with Crippen molar-refractivity contribution < 1.29 is 0 Å². The molecule has 1 saturated heterocycles. The number of benzene rings is 1. The third-order valence-electron chi connectivity index (χ3n) is 4.76. The van der Waals surface area contributed by atoms with E-state index in [-0.39, 0.29) is 0 Å². The van der Waals surface area contributed by atoms with Crippen molar-refractivity contribution in [3.8, 4) is 0 Å². The molecule has 0 spiro atoms. The van der Waals surface area contributed by atoms with Gasteiger partial charge in [-0.3, -0.25) is 4.90 Å². The lowest BCUT2D eigenvalue weighted by Gasteiger charge is -2.37. The highest BCUT2D eigenvalue weighted by atomic mass is 15.2. The van der Waals surface area contributed by atoms with Crippen LogP contribution in [0.3, 0.4) is 0 Å². The molecule has 2 unspecified atom stereocenters. The maximum Gasteiger partial charge on any atom is 0.0361 e. The van der Waals surface area contributed by atoms with Gasteiger partial charge in [-0.25, -0.2) is 0 Å². The Bertz CT molecular complexity index is 403. The lowest BCUT2D eigenvalue weighted by Crippen LogP contribution is -2.40. The van der Waals surface area contributed by atoms with Crippen LogP contribution in [0.25, 0.3) is 0 Å². The summed E-state index contributed by atoms with van der Waals surface area (Å²) >= 11 is 0. The van der Waals surface area contributed by atoms with Crippen LogP contribution in [0.15, 0.2) is 24.3 Å². The standard InChI is InChI=1S/C17H29N3/c1-13(18)15-9-11-20(12-10-15)14(2)16-5-7-17(8-6-16)19(3)4/h5-8,13-15H,9-12,18H2,1-4H3. The number of nitrogens with two attached hydrogens (primary N) is 1. The van der Waals surface area contributed by atoms with Crippen LogP contribution in [0, 0.1) is 5.92 Å². The zero-order chi connectivity index (χ0) is 14.7. The smallest absolute Gasteiger partial charge is 0.0361 e. The highest BCUT2D eigenvalue weighted by Crippen LogP contribution is 2.28. The van der Waals surface area contributed by atoms with Crippen molar-refractivity contribution in [3.05, 3.63) is 29.8 Å². The summed E-state index contributed by atoms with van der Waals surface area (Å²) in [4.78, 5) is 4.73. The molecule has 3 nitrogen and oxygen atoms in total. The third-order valence-corrected chi connectivity index (χ3v) is 4.76. The van der Waals surface area contributed by atoms with Gasteiger partial charge < -0.3 is 10.6 Å². The molecule has 2 atom stereocenters. The van der Waals surface area contributed by atoms with Crippen molar-refractivity contribution in [2.45, 2.75) is 38.8 Å². The van der Waals surface area contributed by atoms with Crippen LogP contribution in [0.2, 0.25) is 0 Å². The van der Waals surface area contributed by atoms with E-state index in [1.165, 1.54) is 37.2 Å². The predicted octanol–water partition coefficient (Wildman–Crippen LogP) is 2.87. The zero-order valence-electron chi connectivity index (χ0n) is 13.3. The van der Waals surface area contributed by atoms with Gasteiger partial charge in [0, 0.05) is 31.9 Å². The first-order valence-electron chi connectivity index (χ1n) is 7.76. The summed E-state index contributed by atoms with van der Waals surface area (Å²) in [5.41, 5.74) is 8.69. The summed E-state index contributed by atoms with van der Waals surface area (Å²) in [6.45, 7) is 6.80. The monoisotopic (exact) mass is 275 g/mol. The van der Waals surface area contributed by atoms with Crippen molar-refractivity contribution in [1.29, 1.82) is 0 Å². The average Bonchev–Trinajstić information content (AvgIpc) is 2.46. The quantitative estimate of drug-likeness (QED) is 0.917. The maximum absolute atomic E-state index is 6.02. The van der Waals surface area contributed by atoms with E-state index in [1.807, 2.05) is 0 Å². The number of hydrogen-bond acceptors (Lipinski definition) is 3. The van der Waals surface area contributed by atoms with Crippen LogP contribution >= 0.6 is 0 Å². The van der Waals surface area contributed by atoms with Crippen molar-refractivity contribution in [2.24, 2.45) is 11.7 Å². The molecule has 0 bridgehead atoms. The van der Waals surface area contributed by atoms with Gasteiger partial charge in [-0.15, -0.1) is 0 Å².